The van der Waals surface area contributed by atoms with Gasteiger partial charge in [-0.2, -0.15) is 0 Å². The van der Waals surface area contributed by atoms with E-state index in [0.717, 1.165) is 29.7 Å². The number of nitrogens with zero attached hydrogens (tertiary/aromatic N) is 1. The minimum atomic E-state index is -0.0727. The van der Waals surface area contributed by atoms with Gasteiger partial charge >= 0.3 is 0 Å². The number of nitrogens with one attached hydrogen (secondary N) is 1. The molecule has 1 aromatic carbocycles. The van der Waals surface area contributed by atoms with Crippen LogP contribution in [-0.4, -0.2) is 21.7 Å². The predicted octanol–water partition coefficient (Wildman–Crippen LogP) is 2.15. The second-order valence-corrected chi connectivity index (χ2v) is 4.46. The number of halogens is 1. The van der Waals surface area contributed by atoms with Gasteiger partial charge in [0, 0.05) is 18.9 Å². The summed E-state index contributed by atoms with van der Waals surface area (Å²) in [4.78, 5) is 4.01. The Hall–Kier alpha value is -1.78. The Morgan fingerprint density at radius 1 is 1.11 bits per heavy atom. The highest BCUT2D eigenvalue weighted by Gasteiger charge is 2.22. The van der Waals surface area contributed by atoms with Crippen molar-refractivity contribution < 1.29 is 10.2 Å². The van der Waals surface area contributed by atoms with Crippen molar-refractivity contribution in [2.45, 2.75) is 12.5 Å². The first-order chi connectivity index (χ1) is 8.75. The summed E-state index contributed by atoms with van der Waals surface area (Å²) in [5.74, 6) is -0.124. The fourth-order valence-electron chi connectivity index (χ4n) is 2.44. The predicted molar refractivity (Wildman–Crippen MR) is 74.8 cm³/mol. The van der Waals surface area contributed by atoms with Crippen LogP contribution in [0.5, 0.6) is 11.5 Å². The summed E-state index contributed by atoms with van der Waals surface area (Å²) in [6.45, 7) is 0.851. The Balaban J connectivity index is 0.00000133. The van der Waals surface area contributed by atoms with Gasteiger partial charge in [0.1, 0.15) is 0 Å². The second-order valence-electron chi connectivity index (χ2n) is 4.46. The third kappa shape index (κ3) is 2.50. The number of phenols is 2. The van der Waals surface area contributed by atoms with Crippen LogP contribution in [-0.2, 0) is 6.42 Å². The summed E-state index contributed by atoms with van der Waals surface area (Å²) in [5, 5.41) is 22.6. The smallest absolute Gasteiger partial charge is 0.157 e. The van der Waals surface area contributed by atoms with Gasteiger partial charge in [-0.3, -0.25) is 4.98 Å². The average molecular weight is 279 g/mol. The van der Waals surface area contributed by atoms with Crippen molar-refractivity contribution in [2.24, 2.45) is 0 Å². The normalized spacial score (nSPS) is 17.4. The van der Waals surface area contributed by atoms with Crippen molar-refractivity contribution in [3.8, 4) is 11.5 Å². The maximum Gasteiger partial charge on any atom is 0.157 e. The van der Waals surface area contributed by atoms with Crippen LogP contribution in [0, 0.1) is 0 Å². The molecule has 2 aromatic rings. The van der Waals surface area contributed by atoms with Gasteiger partial charge in [-0.1, -0.05) is 0 Å². The van der Waals surface area contributed by atoms with Crippen molar-refractivity contribution in [2.75, 3.05) is 6.54 Å². The molecule has 0 radical (unpaired) electrons. The zero-order chi connectivity index (χ0) is 12.5. The van der Waals surface area contributed by atoms with Gasteiger partial charge in [0.25, 0.3) is 0 Å². The summed E-state index contributed by atoms with van der Waals surface area (Å²) in [6.07, 6.45) is 4.36. The molecule has 0 fully saturated rings. The minimum Gasteiger partial charge on any atom is -0.504 e. The van der Waals surface area contributed by atoms with Crippen LogP contribution in [0.3, 0.4) is 0 Å². The van der Waals surface area contributed by atoms with Crippen molar-refractivity contribution in [3.05, 3.63) is 53.3 Å². The molecule has 0 spiro atoms. The maximum absolute atomic E-state index is 9.65. The molecule has 0 bridgehead atoms. The van der Waals surface area contributed by atoms with Gasteiger partial charge in [-0.25, -0.2) is 0 Å². The molecule has 3 N–H and O–H groups in total. The number of phenolic OH excluding ortho intramolecular Hbond substituents is 2. The molecule has 5 heteroatoms. The zero-order valence-electron chi connectivity index (χ0n) is 10.2. The number of benzene rings is 1. The maximum atomic E-state index is 9.65. The van der Waals surface area contributed by atoms with Crippen molar-refractivity contribution in [1.82, 2.24) is 10.3 Å². The highest BCUT2D eigenvalue weighted by atomic mass is 35.5. The molecule has 1 unspecified atom stereocenters. The van der Waals surface area contributed by atoms with Crippen molar-refractivity contribution in [1.29, 1.82) is 0 Å². The third-order valence-electron chi connectivity index (χ3n) is 3.33. The fourth-order valence-corrected chi connectivity index (χ4v) is 2.44. The van der Waals surface area contributed by atoms with Crippen LogP contribution in [0.15, 0.2) is 36.7 Å². The summed E-state index contributed by atoms with van der Waals surface area (Å²) in [7, 11) is 0. The summed E-state index contributed by atoms with van der Waals surface area (Å²) < 4.78 is 0. The monoisotopic (exact) mass is 278 g/mol. The van der Waals surface area contributed by atoms with E-state index in [1.165, 1.54) is 0 Å². The number of rotatable bonds is 1. The van der Waals surface area contributed by atoms with E-state index >= 15 is 0 Å². The molecule has 0 saturated heterocycles. The molecule has 0 aliphatic carbocycles. The standard InChI is InChI=1S/C14H14N2O2.ClH/c17-12-7-10-3-6-16-14(11(10)8-13(12)18)9-1-4-15-5-2-9;/h1-2,4-5,7-8,14,16-18H,3,6H2;1H. The van der Waals surface area contributed by atoms with Gasteiger partial charge < -0.3 is 15.5 Å². The second kappa shape index (κ2) is 5.47. The first kappa shape index (κ1) is 13.6. The molecule has 0 amide bonds. The van der Waals surface area contributed by atoms with Crippen LogP contribution >= 0.6 is 12.4 Å². The Morgan fingerprint density at radius 3 is 2.53 bits per heavy atom. The Morgan fingerprint density at radius 2 is 1.79 bits per heavy atom. The minimum absolute atomic E-state index is 0. The molecule has 2 heterocycles. The molecule has 100 valence electrons. The highest BCUT2D eigenvalue weighted by Crippen LogP contribution is 2.35. The molecule has 1 aliphatic heterocycles. The molecule has 4 nitrogen and oxygen atoms in total. The number of fused-ring (bicyclic) bond motifs is 1. The Bertz CT molecular complexity index is 575. The van der Waals surface area contributed by atoms with Gasteiger partial charge in [0.05, 0.1) is 6.04 Å². The number of pyridine rings is 1. The van der Waals surface area contributed by atoms with E-state index in [1.54, 1.807) is 24.5 Å². The summed E-state index contributed by atoms with van der Waals surface area (Å²) >= 11 is 0. The molecule has 3 rings (SSSR count). The highest BCUT2D eigenvalue weighted by molar-refractivity contribution is 5.85. The Kier molecular flexibility index (Phi) is 3.93. The lowest BCUT2D eigenvalue weighted by Crippen LogP contribution is -2.30. The van der Waals surface area contributed by atoms with Gasteiger partial charge in [-0.15, -0.1) is 12.4 Å². The van der Waals surface area contributed by atoms with Crippen LogP contribution in [0.2, 0.25) is 0 Å². The van der Waals surface area contributed by atoms with E-state index in [-0.39, 0.29) is 29.9 Å². The Labute approximate surface area is 117 Å². The van der Waals surface area contributed by atoms with Crippen LogP contribution in [0.25, 0.3) is 0 Å². The number of hydrogen-bond acceptors (Lipinski definition) is 4. The lowest BCUT2D eigenvalue weighted by Gasteiger charge is -2.27. The summed E-state index contributed by atoms with van der Waals surface area (Å²) in [6, 6.07) is 7.25. The number of aromatic hydroxyl groups is 2. The SMILES string of the molecule is Cl.Oc1cc2c(cc1O)C(c1ccncc1)NCC2. The average Bonchev–Trinajstić information content (AvgIpc) is 2.40. The molecular formula is C14H15ClN2O2. The molecule has 0 saturated carbocycles. The first-order valence-corrected chi connectivity index (χ1v) is 5.94. The topological polar surface area (TPSA) is 65.4 Å². The van der Waals surface area contributed by atoms with E-state index in [4.69, 9.17) is 0 Å². The fraction of sp³-hybridized carbons (Fsp3) is 0.214. The van der Waals surface area contributed by atoms with Gasteiger partial charge in [-0.05, 0) is 47.4 Å². The zero-order valence-corrected chi connectivity index (χ0v) is 11.0. The van der Waals surface area contributed by atoms with Crippen LogP contribution in [0.4, 0.5) is 0 Å². The van der Waals surface area contributed by atoms with E-state index in [2.05, 4.69) is 10.3 Å². The van der Waals surface area contributed by atoms with E-state index < -0.39 is 0 Å². The number of hydrogen-bond donors (Lipinski definition) is 3. The van der Waals surface area contributed by atoms with Crippen molar-refractivity contribution in [3.63, 3.8) is 0 Å². The van der Waals surface area contributed by atoms with Crippen LogP contribution in [0.1, 0.15) is 22.7 Å². The largest absolute Gasteiger partial charge is 0.504 e. The lowest BCUT2D eigenvalue weighted by molar-refractivity contribution is 0.400. The quantitative estimate of drug-likeness (QED) is 0.700. The molecule has 1 aromatic heterocycles. The molecular weight excluding hydrogens is 264 g/mol. The summed E-state index contributed by atoms with van der Waals surface area (Å²) in [5.41, 5.74) is 3.20. The van der Waals surface area contributed by atoms with Crippen molar-refractivity contribution >= 4 is 12.4 Å². The van der Waals surface area contributed by atoms with Crippen LogP contribution < -0.4 is 5.32 Å². The first-order valence-electron chi connectivity index (χ1n) is 5.94. The van der Waals surface area contributed by atoms with Gasteiger partial charge in [0.15, 0.2) is 11.5 Å². The molecule has 1 aliphatic rings. The molecule has 1 atom stereocenters. The number of aromatic nitrogens is 1. The lowest BCUT2D eigenvalue weighted by atomic mass is 9.90. The van der Waals surface area contributed by atoms with E-state index in [0.29, 0.717) is 0 Å². The third-order valence-corrected chi connectivity index (χ3v) is 3.33. The van der Waals surface area contributed by atoms with E-state index in [9.17, 15) is 10.2 Å². The van der Waals surface area contributed by atoms with Gasteiger partial charge in [0.2, 0.25) is 0 Å². The van der Waals surface area contributed by atoms with E-state index in [1.807, 2.05) is 12.1 Å². The molecule has 19 heavy (non-hydrogen) atoms.